The number of aromatic nitrogens is 2. The fraction of sp³-hybridized carbons (Fsp3) is 0.389. The highest BCUT2D eigenvalue weighted by molar-refractivity contribution is 5.93. The van der Waals surface area contributed by atoms with E-state index in [-0.39, 0.29) is 18.9 Å². The number of likely N-dealkylation sites (tertiary alicyclic amines) is 1. The minimum absolute atomic E-state index is 0.00460. The van der Waals surface area contributed by atoms with Crippen LogP contribution in [0.1, 0.15) is 28.8 Å². The Hall–Kier alpha value is -3.07. The van der Waals surface area contributed by atoms with Crippen molar-refractivity contribution in [2.75, 3.05) is 19.9 Å². The number of hydrogen-bond donors (Lipinski definition) is 2. The summed E-state index contributed by atoms with van der Waals surface area (Å²) in [6.07, 6.45) is 1.68. The van der Waals surface area contributed by atoms with Crippen LogP contribution in [0.4, 0.5) is 0 Å². The van der Waals surface area contributed by atoms with Gasteiger partial charge < -0.3 is 24.5 Å². The lowest BCUT2D eigenvalue weighted by Gasteiger charge is -2.29. The molecular weight excluding hydrogens is 354 g/mol. The predicted octanol–water partition coefficient (Wildman–Crippen LogP) is -0.0895. The van der Waals surface area contributed by atoms with E-state index in [2.05, 4.69) is 4.98 Å². The summed E-state index contributed by atoms with van der Waals surface area (Å²) >= 11 is 0. The number of H-pyrrole nitrogens is 1. The first kappa shape index (κ1) is 17.3. The molecule has 9 nitrogen and oxygen atoms in total. The molecule has 0 aliphatic carbocycles. The van der Waals surface area contributed by atoms with Crippen LogP contribution in [0, 0.1) is 0 Å². The Balaban J connectivity index is 1.62. The molecule has 2 aliphatic rings. The number of nitrogens with zero attached hydrogens (tertiary/aromatic N) is 2. The number of aliphatic hydroxyl groups excluding tert-OH is 1. The normalized spacial score (nSPS) is 16.6. The first-order chi connectivity index (χ1) is 13.0. The van der Waals surface area contributed by atoms with Crippen LogP contribution in [-0.4, -0.2) is 51.5 Å². The van der Waals surface area contributed by atoms with Crippen LogP contribution in [-0.2, 0) is 6.54 Å². The van der Waals surface area contributed by atoms with Gasteiger partial charge in [-0.25, -0.2) is 4.79 Å². The van der Waals surface area contributed by atoms with Crippen LogP contribution in [0.2, 0.25) is 0 Å². The van der Waals surface area contributed by atoms with Crippen molar-refractivity contribution in [1.82, 2.24) is 14.5 Å². The SMILES string of the molecule is O=C(c1c[nH]c(=O)n(Cc2ccc3c(c2)OCO3)c1=O)N1CCC(O)CC1. The zero-order valence-electron chi connectivity index (χ0n) is 14.5. The van der Waals surface area contributed by atoms with Gasteiger partial charge in [-0.2, -0.15) is 0 Å². The van der Waals surface area contributed by atoms with Gasteiger partial charge in [0.1, 0.15) is 5.56 Å². The molecule has 0 saturated carbocycles. The monoisotopic (exact) mass is 373 g/mol. The third kappa shape index (κ3) is 3.33. The second-order valence-electron chi connectivity index (χ2n) is 6.61. The summed E-state index contributed by atoms with van der Waals surface area (Å²) in [6.45, 7) is 0.889. The van der Waals surface area contributed by atoms with Crippen molar-refractivity contribution in [2.45, 2.75) is 25.5 Å². The highest BCUT2D eigenvalue weighted by Gasteiger charge is 2.25. The van der Waals surface area contributed by atoms with Gasteiger partial charge in [-0.05, 0) is 30.5 Å². The Kier molecular flexibility index (Phi) is 4.44. The van der Waals surface area contributed by atoms with Crippen molar-refractivity contribution in [3.63, 3.8) is 0 Å². The lowest BCUT2D eigenvalue weighted by atomic mass is 10.1. The Labute approximate surface area is 153 Å². The lowest BCUT2D eigenvalue weighted by molar-refractivity contribution is 0.0544. The van der Waals surface area contributed by atoms with Crippen molar-refractivity contribution in [3.05, 3.63) is 56.4 Å². The van der Waals surface area contributed by atoms with Crippen LogP contribution < -0.4 is 20.7 Å². The van der Waals surface area contributed by atoms with E-state index in [1.54, 1.807) is 18.2 Å². The maximum atomic E-state index is 12.8. The molecule has 142 valence electrons. The number of aromatic amines is 1. The van der Waals surface area contributed by atoms with Gasteiger partial charge in [0.2, 0.25) is 6.79 Å². The fourth-order valence-electron chi connectivity index (χ4n) is 3.27. The third-order valence-corrected chi connectivity index (χ3v) is 4.82. The summed E-state index contributed by atoms with van der Waals surface area (Å²) in [7, 11) is 0. The molecule has 1 amide bonds. The fourth-order valence-corrected chi connectivity index (χ4v) is 3.27. The van der Waals surface area contributed by atoms with E-state index in [0.717, 1.165) is 10.8 Å². The number of carbonyl (C=O) groups excluding carboxylic acids is 1. The molecule has 3 heterocycles. The second kappa shape index (κ2) is 6.92. The molecule has 9 heteroatoms. The van der Waals surface area contributed by atoms with Gasteiger partial charge in [-0.3, -0.25) is 14.2 Å². The summed E-state index contributed by atoms with van der Waals surface area (Å²) in [5, 5.41) is 9.57. The molecule has 0 spiro atoms. The lowest BCUT2D eigenvalue weighted by Crippen LogP contribution is -2.45. The zero-order chi connectivity index (χ0) is 19.0. The van der Waals surface area contributed by atoms with Gasteiger partial charge in [0.25, 0.3) is 11.5 Å². The average Bonchev–Trinajstić information content (AvgIpc) is 3.13. The number of piperidine rings is 1. The molecule has 4 rings (SSSR count). The summed E-state index contributed by atoms with van der Waals surface area (Å²) in [5.41, 5.74) is -0.653. The number of aliphatic hydroxyl groups is 1. The number of benzene rings is 1. The van der Waals surface area contributed by atoms with Gasteiger partial charge in [0.15, 0.2) is 11.5 Å². The molecule has 0 bridgehead atoms. The Morgan fingerprint density at radius 1 is 1.19 bits per heavy atom. The van der Waals surface area contributed by atoms with Crippen LogP contribution in [0.5, 0.6) is 11.5 Å². The van der Waals surface area contributed by atoms with Crippen LogP contribution >= 0.6 is 0 Å². The van der Waals surface area contributed by atoms with E-state index in [4.69, 9.17) is 9.47 Å². The molecule has 2 N–H and O–H groups in total. The number of hydrogen-bond acceptors (Lipinski definition) is 6. The molecule has 0 atom stereocenters. The number of carbonyl (C=O) groups is 1. The Morgan fingerprint density at radius 2 is 1.93 bits per heavy atom. The number of fused-ring (bicyclic) bond motifs is 1. The molecule has 1 aromatic heterocycles. The maximum Gasteiger partial charge on any atom is 0.328 e. The van der Waals surface area contributed by atoms with E-state index in [1.807, 2.05) is 0 Å². The Bertz CT molecular complexity index is 987. The number of amides is 1. The van der Waals surface area contributed by atoms with E-state index < -0.39 is 23.3 Å². The van der Waals surface area contributed by atoms with Crippen LogP contribution in [0.15, 0.2) is 34.0 Å². The molecule has 2 aromatic rings. The van der Waals surface area contributed by atoms with Crippen LogP contribution in [0.25, 0.3) is 0 Å². The van der Waals surface area contributed by atoms with E-state index in [1.165, 1.54) is 4.90 Å². The maximum absolute atomic E-state index is 12.8. The summed E-state index contributed by atoms with van der Waals surface area (Å²) in [4.78, 5) is 41.6. The molecule has 0 unspecified atom stereocenters. The summed E-state index contributed by atoms with van der Waals surface area (Å²) in [6, 6.07) is 5.15. The van der Waals surface area contributed by atoms with E-state index in [9.17, 15) is 19.5 Å². The van der Waals surface area contributed by atoms with Gasteiger partial charge in [-0.15, -0.1) is 0 Å². The number of ether oxygens (including phenoxy) is 2. The summed E-state index contributed by atoms with van der Waals surface area (Å²) < 4.78 is 11.5. The van der Waals surface area contributed by atoms with Crippen molar-refractivity contribution in [1.29, 1.82) is 0 Å². The third-order valence-electron chi connectivity index (χ3n) is 4.82. The molecule has 1 fully saturated rings. The topological polar surface area (TPSA) is 114 Å². The quantitative estimate of drug-likeness (QED) is 0.777. The second-order valence-corrected chi connectivity index (χ2v) is 6.61. The van der Waals surface area contributed by atoms with Crippen molar-refractivity contribution < 1.29 is 19.4 Å². The summed E-state index contributed by atoms with van der Waals surface area (Å²) in [5.74, 6) is 0.717. The van der Waals surface area contributed by atoms with Gasteiger partial charge in [0, 0.05) is 19.3 Å². The van der Waals surface area contributed by atoms with Gasteiger partial charge in [0.05, 0.1) is 12.6 Å². The predicted molar refractivity (Wildman–Crippen MR) is 94.1 cm³/mol. The minimum atomic E-state index is -0.646. The highest BCUT2D eigenvalue weighted by Crippen LogP contribution is 2.32. The van der Waals surface area contributed by atoms with Crippen LogP contribution in [0.3, 0.4) is 0 Å². The van der Waals surface area contributed by atoms with Gasteiger partial charge >= 0.3 is 5.69 Å². The smallest absolute Gasteiger partial charge is 0.328 e. The number of rotatable bonds is 3. The van der Waals surface area contributed by atoms with E-state index in [0.29, 0.717) is 43.0 Å². The molecule has 2 aliphatic heterocycles. The number of nitrogens with one attached hydrogen (secondary N) is 1. The van der Waals surface area contributed by atoms with Crippen molar-refractivity contribution >= 4 is 5.91 Å². The average molecular weight is 373 g/mol. The molecule has 1 aromatic carbocycles. The largest absolute Gasteiger partial charge is 0.454 e. The molecule has 27 heavy (non-hydrogen) atoms. The standard InChI is InChI=1S/C18H19N3O6/c22-12-3-5-20(6-4-12)16(23)13-8-19-18(25)21(17(13)24)9-11-1-2-14-15(7-11)27-10-26-14/h1-2,7-8,12,22H,3-6,9-10H2,(H,19,25). The van der Waals surface area contributed by atoms with Gasteiger partial charge in [-0.1, -0.05) is 6.07 Å². The first-order valence-electron chi connectivity index (χ1n) is 8.71. The zero-order valence-corrected chi connectivity index (χ0v) is 14.5. The Morgan fingerprint density at radius 3 is 2.70 bits per heavy atom. The van der Waals surface area contributed by atoms with E-state index >= 15 is 0 Å². The highest BCUT2D eigenvalue weighted by atomic mass is 16.7. The first-order valence-corrected chi connectivity index (χ1v) is 8.71. The van der Waals surface area contributed by atoms with Crippen molar-refractivity contribution in [3.8, 4) is 11.5 Å². The minimum Gasteiger partial charge on any atom is -0.454 e. The van der Waals surface area contributed by atoms with Crippen molar-refractivity contribution in [2.24, 2.45) is 0 Å². The molecular formula is C18H19N3O6. The molecule has 0 radical (unpaired) electrons. The molecule has 1 saturated heterocycles.